The first-order chi connectivity index (χ1) is 11.5. The molecule has 25 heavy (non-hydrogen) atoms. The van der Waals surface area contributed by atoms with E-state index in [1.807, 2.05) is 0 Å². The summed E-state index contributed by atoms with van der Waals surface area (Å²) in [6.45, 7) is 7.05. The minimum absolute atomic E-state index is 0.204. The van der Waals surface area contributed by atoms with Gasteiger partial charge in [-0.15, -0.1) is 13.2 Å². The average Bonchev–Trinajstić information content (AvgIpc) is 2.44. The van der Waals surface area contributed by atoms with Gasteiger partial charge in [-0.3, -0.25) is 0 Å². The van der Waals surface area contributed by atoms with Crippen LogP contribution in [0.5, 0.6) is 5.75 Å². The molecular weight excluding hydrogens is 337 g/mol. The number of carbonyl (C=O) groups is 1. The van der Waals surface area contributed by atoms with E-state index in [0.717, 1.165) is 0 Å². The number of nitrogens with one attached hydrogen (secondary N) is 1. The van der Waals surface area contributed by atoms with Crippen LogP contribution in [0.1, 0.15) is 26.3 Å². The van der Waals surface area contributed by atoms with Gasteiger partial charge in [-0.1, -0.05) is 12.1 Å². The van der Waals surface area contributed by atoms with Crippen molar-refractivity contribution in [3.8, 4) is 5.75 Å². The summed E-state index contributed by atoms with van der Waals surface area (Å²) >= 11 is 0. The fraction of sp³-hybridized carbons (Fsp3) is 0.588. The van der Waals surface area contributed by atoms with Gasteiger partial charge in [0.15, 0.2) is 0 Å². The predicted molar refractivity (Wildman–Crippen MR) is 86.4 cm³/mol. The lowest BCUT2D eigenvalue weighted by Crippen LogP contribution is -2.55. The molecule has 1 aliphatic rings. The van der Waals surface area contributed by atoms with E-state index in [1.165, 1.54) is 18.2 Å². The van der Waals surface area contributed by atoms with Crippen molar-refractivity contribution in [1.29, 1.82) is 0 Å². The van der Waals surface area contributed by atoms with Crippen LogP contribution in [0.3, 0.4) is 0 Å². The Morgan fingerprint density at radius 3 is 2.68 bits per heavy atom. The van der Waals surface area contributed by atoms with E-state index in [-0.39, 0.29) is 11.8 Å². The third-order valence-electron chi connectivity index (χ3n) is 3.58. The Labute approximate surface area is 145 Å². The number of halogens is 3. The van der Waals surface area contributed by atoms with Crippen molar-refractivity contribution in [2.45, 2.75) is 45.2 Å². The first-order valence-corrected chi connectivity index (χ1v) is 8.08. The first kappa shape index (κ1) is 19.4. The minimum Gasteiger partial charge on any atom is -0.444 e. The molecule has 1 aliphatic heterocycles. The van der Waals surface area contributed by atoms with Crippen LogP contribution in [0.15, 0.2) is 24.3 Å². The Hall–Kier alpha value is -1.96. The zero-order valence-electron chi connectivity index (χ0n) is 14.5. The van der Waals surface area contributed by atoms with Gasteiger partial charge in [-0.25, -0.2) is 4.79 Å². The van der Waals surface area contributed by atoms with Gasteiger partial charge in [0, 0.05) is 19.6 Å². The van der Waals surface area contributed by atoms with Crippen molar-refractivity contribution >= 4 is 6.09 Å². The normalized spacial score (nSPS) is 18.8. The van der Waals surface area contributed by atoms with Crippen molar-refractivity contribution in [1.82, 2.24) is 10.2 Å². The molecule has 0 saturated carbocycles. The quantitative estimate of drug-likeness (QED) is 0.898. The summed E-state index contributed by atoms with van der Waals surface area (Å²) < 4.78 is 46.4. The highest BCUT2D eigenvalue weighted by atomic mass is 19.4. The van der Waals surface area contributed by atoms with Crippen LogP contribution in [0.2, 0.25) is 0 Å². The highest BCUT2D eigenvalue weighted by Crippen LogP contribution is 2.24. The zero-order chi connectivity index (χ0) is 18.7. The van der Waals surface area contributed by atoms with E-state index in [2.05, 4.69) is 10.1 Å². The lowest BCUT2D eigenvalue weighted by atomic mass is 10.0. The zero-order valence-corrected chi connectivity index (χ0v) is 14.5. The second kappa shape index (κ2) is 7.51. The predicted octanol–water partition coefficient (Wildman–Crippen LogP) is 3.34. The largest absolute Gasteiger partial charge is 0.573 e. The van der Waals surface area contributed by atoms with Crippen molar-refractivity contribution in [3.05, 3.63) is 29.8 Å². The second-order valence-corrected chi connectivity index (χ2v) is 6.93. The van der Waals surface area contributed by atoms with Crippen molar-refractivity contribution < 1.29 is 27.4 Å². The molecule has 140 valence electrons. The Morgan fingerprint density at radius 2 is 2.04 bits per heavy atom. The van der Waals surface area contributed by atoms with Gasteiger partial charge in [-0.2, -0.15) is 0 Å². The number of ether oxygens (including phenoxy) is 2. The summed E-state index contributed by atoms with van der Waals surface area (Å²) in [7, 11) is 0. The summed E-state index contributed by atoms with van der Waals surface area (Å²) in [5, 5.41) is 3.19. The molecule has 1 fully saturated rings. The smallest absolute Gasteiger partial charge is 0.444 e. The maximum Gasteiger partial charge on any atom is 0.573 e. The number of hydrogen-bond acceptors (Lipinski definition) is 4. The molecule has 1 atom stereocenters. The number of alkyl halides is 3. The highest BCUT2D eigenvalue weighted by Gasteiger charge is 2.32. The number of carbonyl (C=O) groups excluding carboxylic acids is 1. The maximum atomic E-state index is 12.4. The number of nitrogens with zero attached hydrogens (tertiary/aromatic N) is 1. The average molecular weight is 360 g/mol. The molecule has 1 saturated heterocycles. The van der Waals surface area contributed by atoms with Crippen LogP contribution in [0, 0.1) is 0 Å². The van der Waals surface area contributed by atoms with Gasteiger partial charge in [-0.05, 0) is 44.9 Å². The number of amides is 1. The highest BCUT2D eigenvalue weighted by molar-refractivity contribution is 5.68. The van der Waals surface area contributed by atoms with Crippen molar-refractivity contribution in [2.24, 2.45) is 0 Å². The fourth-order valence-electron chi connectivity index (χ4n) is 2.65. The van der Waals surface area contributed by atoms with Gasteiger partial charge in [0.05, 0.1) is 6.04 Å². The first-order valence-electron chi connectivity index (χ1n) is 8.08. The summed E-state index contributed by atoms with van der Waals surface area (Å²) in [5.74, 6) is -0.266. The fourth-order valence-corrected chi connectivity index (χ4v) is 2.65. The third-order valence-corrected chi connectivity index (χ3v) is 3.58. The van der Waals surface area contributed by atoms with Crippen LogP contribution in [0.4, 0.5) is 18.0 Å². The van der Waals surface area contributed by atoms with Crippen LogP contribution < -0.4 is 10.1 Å². The van der Waals surface area contributed by atoms with E-state index >= 15 is 0 Å². The van der Waals surface area contributed by atoms with Crippen LogP contribution >= 0.6 is 0 Å². The van der Waals surface area contributed by atoms with Gasteiger partial charge >= 0.3 is 12.5 Å². The lowest BCUT2D eigenvalue weighted by molar-refractivity contribution is -0.274. The lowest BCUT2D eigenvalue weighted by Gasteiger charge is -2.37. The molecule has 1 N–H and O–H groups in total. The Bertz CT molecular complexity index is 600. The monoisotopic (exact) mass is 360 g/mol. The molecule has 1 heterocycles. The summed E-state index contributed by atoms with van der Waals surface area (Å²) in [4.78, 5) is 14.0. The van der Waals surface area contributed by atoms with Gasteiger partial charge in [0.2, 0.25) is 0 Å². The van der Waals surface area contributed by atoms with Crippen LogP contribution in [-0.2, 0) is 11.2 Å². The number of rotatable bonds is 3. The molecule has 0 bridgehead atoms. The molecule has 5 nitrogen and oxygen atoms in total. The van der Waals surface area contributed by atoms with E-state index in [1.54, 1.807) is 31.7 Å². The molecule has 0 radical (unpaired) electrons. The molecular formula is C17H23F3N2O3. The van der Waals surface area contributed by atoms with Crippen molar-refractivity contribution in [3.63, 3.8) is 0 Å². The summed E-state index contributed by atoms with van der Waals surface area (Å²) in [6.07, 6.45) is -4.74. The van der Waals surface area contributed by atoms with Crippen LogP contribution in [-0.4, -0.2) is 48.6 Å². The molecule has 2 rings (SSSR count). The number of piperazine rings is 1. The van der Waals surface area contributed by atoms with Gasteiger partial charge in [0.25, 0.3) is 0 Å². The third kappa shape index (κ3) is 6.45. The summed E-state index contributed by atoms with van der Waals surface area (Å²) in [6, 6.07) is 5.61. The van der Waals surface area contributed by atoms with E-state index in [9.17, 15) is 18.0 Å². The molecule has 1 aromatic rings. The van der Waals surface area contributed by atoms with Gasteiger partial charge in [0.1, 0.15) is 11.4 Å². The molecule has 0 aliphatic carbocycles. The van der Waals surface area contributed by atoms with E-state index < -0.39 is 18.1 Å². The molecule has 1 amide bonds. The standard InChI is InChI=1S/C17H23F3N2O3/c1-16(2,3)25-15(23)22-8-7-21-11-13(22)9-12-5-4-6-14(10-12)24-17(18,19)20/h4-6,10,13,21H,7-9,11H2,1-3H3. The van der Waals surface area contributed by atoms with Crippen molar-refractivity contribution in [2.75, 3.05) is 19.6 Å². The molecule has 0 spiro atoms. The van der Waals surface area contributed by atoms with E-state index in [4.69, 9.17) is 4.74 Å². The molecule has 0 aromatic heterocycles. The van der Waals surface area contributed by atoms with Gasteiger partial charge < -0.3 is 19.7 Å². The Morgan fingerprint density at radius 1 is 1.32 bits per heavy atom. The molecule has 8 heteroatoms. The topological polar surface area (TPSA) is 50.8 Å². The van der Waals surface area contributed by atoms with E-state index in [0.29, 0.717) is 31.6 Å². The Balaban J connectivity index is 2.08. The van der Waals surface area contributed by atoms with Crippen LogP contribution in [0.25, 0.3) is 0 Å². The Kier molecular flexibility index (Phi) is 5.82. The molecule has 1 aromatic carbocycles. The second-order valence-electron chi connectivity index (χ2n) is 6.93. The summed E-state index contributed by atoms with van der Waals surface area (Å²) in [5.41, 5.74) is 0.0523. The minimum atomic E-state index is -4.73. The maximum absolute atomic E-state index is 12.4. The molecule has 1 unspecified atom stereocenters. The number of hydrogen-bond donors (Lipinski definition) is 1. The SMILES string of the molecule is CC(C)(C)OC(=O)N1CCNCC1Cc1cccc(OC(F)(F)F)c1. The number of benzene rings is 1.